The maximum atomic E-state index is 13.0. The van der Waals surface area contributed by atoms with Gasteiger partial charge in [-0.2, -0.15) is 5.10 Å². The Balaban J connectivity index is 1.16. The first-order valence-electron chi connectivity index (χ1n) is 12.1. The van der Waals surface area contributed by atoms with Crippen molar-refractivity contribution < 1.29 is 19.1 Å². The average Bonchev–Trinajstić information content (AvgIpc) is 3.68. The number of amides is 2. The first-order chi connectivity index (χ1) is 18.1. The van der Waals surface area contributed by atoms with Crippen molar-refractivity contribution in [2.75, 3.05) is 12.3 Å². The van der Waals surface area contributed by atoms with Crippen LogP contribution in [0.3, 0.4) is 0 Å². The largest absolute Gasteiger partial charge is 0.457 e. The summed E-state index contributed by atoms with van der Waals surface area (Å²) in [7, 11) is 0. The lowest BCUT2D eigenvalue weighted by Crippen LogP contribution is -2.37. The second-order valence-electron chi connectivity index (χ2n) is 9.30. The van der Waals surface area contributed by atoms with Crippen LogP contribution in [-0.4, -0.2) is 55.2 Å². The summed E-state index contributed by atoms with van der Waals surface area (Å²) in [5, 5.41) is 5.38. The lowest BCUT2D eigenvalue weighted by molar-refractivity contribution is -0.142. The van der Waals surface area contributed by atoms with Crippen molar-refractivity contribution >= 4 is 28.7 Å². The van der Waals surface area contributed by atoms with Gasteiger partial charge >= 0.3 is 0 Å². The fourth-order valence-corrected chi connectivity index (χ4v) is 5.47. The molecule has 3 aliphatic heterocycles. The Morgan fingerprint density at radius 3 is 2.24 bits per heavy atom. The summed E-state index contributed by atoms with van der Waals surface area (Å²) in [6.45, 7) is 0.469. The maximum Gasteiger partial charge on any atom is 0.236 e. The quantitative estimate of drug-likeness (QED) is 0.320. The molecule has 2 saturated heterocycles. The van der Waals surface area contributed by atoms with Crippen LogP contribution in [0.15, 0.2) is 73.1 Å². The second-order valence-corrected chi connectivity index (χ2v) is 9.30. The number of anilines is 1. The number of hydrogen-bond donors (Lipinski definition) is 1. The van der Waals surface area contributed by atoms with Gasteiger partial charge in [-0.05, 0) is 36.4 Å². The molecule has 2 amide bonds. The topological polar surface area (TPSA) is 125 Å². The molecule has 4 unspecified atom stereocenters. The summed E-state index contributed by atoms with van der Waals surface area (Å²) in [5.41, 5.74) is 8.20. The standard InChI is InChI=1S/C27H22N6O4/c28-24-22-23(15-6-8-17(9-7-15)36-16-4-2-1-3-5-16)31-33(25(22)30-14-29-24)13-12-32-26(34)20-18-10-11-19(37-18)21(20)27(32)35/h1-11,14,18-21H,12-13H2,(H2,28,29,30). The zero-order chi connectivity index (χ0) is 25.1. The van der Waals surface area contributed by atoms with Gasteiger partial charge in [0.25, 0.3) is 0 Å². The summed E-state index contributed by atoms with van der Waals surface area (Å²) in [6.07, 6.45) is 4.52. The average molecular weight is 495 g/mol. The molecular weight excluding hydrogens is 472 g/mol. The monoisotopic (exact) mass is 494 g/mol. The van der Waals surface area contributed by atoms with Crippen LogP contribution < -0.4 is 10.5 Å². The van der Waals surface area contributed by atoms with Crippen molar-refractivity contribution in [1.29, 1.82) is 0 Å². The van der Waals surface area contributed by atoms with Gasteiger partial charge in [0, 0.05) is 12.1 Å². The molecule has 7 rings (SSSR count). The Hall–Kier alpha value is -4.57. The third-order valence-electron chi connectivity index (χ3n) is 7.20. The molecule has 2 aromatic carbocycles. The van der Waals surface area contributed by atoms with Gasteiger partial charge in [0.15, 0.2) is 5.65 Å². The molecule has 0 saturated carbocycles. The molecule has 5 heterocycles. The number of likely N-dealkylation sites (tertiary alicyclic amines) is 1. The highest BCUT2D eigenvalue weighted by atomic mass is 16.5. The number of aromatic nitrogens is 4. The summed E-state index contributed by atoms with van der Waals surface area (Å²) in [6, 6.07) is 17.0. The summed E-state index contributed by atoms with van der Waals surface area (Å²) in [4.78, 5) is 35.9. The van der Waals surface area contributed by atoms with Gasteiger partial charge < -0.3 is 15.2 Å². The highest BCUT2D eigenvalue weighted by Gasteiger charge is 2.60. The van der Waals surface area contributed by atoms with E-state index in [0.29, 0.717) is 28.3 Å². The molecule has 10 heteroatoms. The first-order valence-corrected chi connectivity index (χ1v) is 12.1. The molecule has 0 aliphatic carbocycles. The molecule has 0 spiro atoms. The number of nitrogens with zero attached hydrogens (tertiary/aromatic N) is 5. The number of para-hydroxylation sites is 1. The van der Waals surface area contributed by atoms with Crippen molar-refractivity contribution in [2.24, 2.45) is 11.8 Å². The molecule has 37 heavy (non-hydrogen) atoms. The first kappa shape index (κ1) is 21.7. The normalized spacial score (nSPS) is 23.8. The van der Waals surface area contributed by atoms with Crippen molar-refractivity contribution in [3.63, 3.8) is 0 Å². The Bertz CT molecular complexity index is 1540. The van der Waals surface area contributed by atoms with Gasteiger partial charge in [0.05, 0.1) is 36.0 Å². The molecule has 2 bridgehead atoms. The fourth-order valence-electron chi connectivity index (χ4n) is 5.47. The molecule has 10 nitrogen and oxygen atoms in total. The lowest BCUT2D eigenvalue weighted by atomic mass is 9.85. The zero-order valence-electron chi connectivity index (χ0n) is 19.6. The minimum Gasteiger partial charge on any atom is -0.457 e. The molecular formula is C27H22N6O4. The van der Waals surface area contributed by atoms with E-state index in [9.17, 15) is 9.59 Å². The minimum absolute atomic E-state index is 0.188. The Kier molecular flexibility index (Phi) is 4.83. The molecule has 2 aromatic heterocycles. The number of imide groups is 1. The third kappa shape index (κ3) is 3.40. The molecule has 2 N–H and O–H groups in total. The van der Waals surface area contributed by atoms with Crippen molar-refractivity contribution in [1.82, 2.24) is 24.6 Å². The van der Waals surface area contributed by atoms with Crippen LogP contribution in [0.5, 0.6) is 11.5 Å². The smallest absolute Gasteiger partial charge is 0.236 e. The lowest BCUT2D eigenvalue weighted by Gasteiger charge is -2.17. The van der Waals surface area contributed by atoms with E-state index in [4.69, 9.17) is 20.3 Å². The molecule has 4 aromatic rings. The number of nitrogen functional groups attached to an aromatic ring is 1. The number of carbonyl (C=O) groups excluding carboxylic acids is 2. The zero-order valence-corrected chi connectivity index (χ0v) is 19.6. The Labute approximate surface area is 211 Å². The van der Waals surface area contributed by atoms with Gasteiger partial charge in [-0.3, -0.25) is 14.5 Å². The Morgan fingerprint density at radius 1 is 0.865 bits per heavy atom. The van der Waals surface area contributed by atoms with Gasteiger partial charge in [0.2, 0.25) is 11.8 Å². The summed E-state index contributed by atoms with van der Waals surface area (Å²) in [5.74, 6) is 0.501. The number of nitrogens with two attached hydrogens (primary N) is 1. The number of carbonyl (C=O) groups is 2. The van der Waals surface area contributed by atoms with E-state index in [1.165, 1.54) is 11.2 Å². The highest BCUT2D eigenvalue weighted by Crippen LogP contribution is 2.45. The number of rotatable bonds is 6. The predicted octanol–water partition coefficient (Wildman–Crippen LogP) is 2.81. The van der Waals surface area contributed by atoms with E-state index in [-0.39, 0.29) is 37.1 Å². The van der Waals surface area contributed by atoms with E-state index in [0.717, 1.165) is 11.3 Å². The van der Waals surface area contributed by atoms with Gasteiger partial charge in [0.1, 0.15) is 29.3 Å². The molecule has 184 valence electrons. The van der Waals surface area contributed by atoms with Crippen LogP contribution in [0.4, 0.5) is 5.82 Å². The molecule has 0 radical (unpaired) electrons. The van der Waals surface area contributed by atoms with Crippen molar-refractivity contribution in [3.8, 4) is 22.8 Å². The van der Waals surface area contributed by atoms with Crippen LogP contribution in [-0.2, 0) is 20.9 Å². The van der Waals surface area contributed by atoms with E-state index >= 15 is 0 Å². The maximum absolute atomic E-state index is 13.0. The van der Waals surface area contributed by atoms with E-state index in [1.807, 2.05) is 66.7 Å². The number of benzene rings is 2. The van der Waals surface area contributed by atoms with Crippen LogP contribution in [0.25, 0.3) is 22.3 Å². The summed E-state index contributed by atoms with van der Waals surface area (Å²) >= 11 is 0. The van der Waals surface area contributed by atoms with Crippen molar-refractivity contribution in [3.05, 3.63) is 73.1 Å². The fraction of sp³-hybridized carbons (Fsp3) is 0.222. The number of fused-ring (bicyclic) bond motifs is 6. The molecule has 2 fully saturated rings. The van der Waals surface area contributed by atoms with Gasteiger partial charge in [-0.15, -0.1) is 0 Å². The van der Waals surface area contributed by atoms with Gasteiger partial charge in [-0.25, -0.2) is 14.6 Å². The highest BCUT2D eigenvalue weighted by molar-refractivity contribution is 6.06. The second kappa shape index (κ2) is 8.24. The van der Waals surface area contributed by atoms with E-state index < -0.39 is 11.8 Å². The SMILES string of the molecule is Nc1ncnc2c1c(-c1ccc(Oc3ccccc3)cc1)nn2CCN1C(=O)C2C3C=CC(O3)C2C1=O. The van der Waals surface area contributed by atoms with Gasteiger partial charge in [-0.1, -0.05) is 30.4 Å². The van der Waals surface area contributed by atoms with Crippen LogP contribution in [0.2, 0.25) is 0 Å². The van der Waals surface area contributed by atoms with E-state index in [2.05, 4.69) is 9.97 Å². The van der Waals surface area contributed by atoms with Crippen LogP contribution in [0, 0.1) is 11.8 Å². The predicted molar refractivity (Wildman–Crippen MR) is 133 cm³/mol. The van der Waals surface area contributed by atoms with Crippen LogP contribution >= 0.6 is 0 Å². The summed E-state index contributed by atoms with van der Waals surface area (Å²) < 4.78 is 13.3. The van der Waals surface area contributed by atoms with Crippen LogP contribution in [0.1, 0.15) is 0 Å². The molecule has 4 atom stereocenters. The van der Waals surface area contributed by atoms with Crippen molar-refractivity contribution in [2.45, 2.75) is 18.8 Å². The minimum atomic E-state index is -0.429. The number of ether oxygens (including phenoxy) is 2. The Morgan fingerprint density at radius 2 is 1.54 bits per heavy atom. The molecule has 3 aliphatic rings. The number of hydrogen-bond acceptors (Lipinski definition) is 8. The van der Waals surface area contributed by atoms with E-state index in [1.54, 1.807) is 4.68 Å². The third-order valence-corrected chi connectivity index (χ3v) is 7.20.